The van der Waals surface area contributed by atoms with E-state index in [0.29, 0.717) is 16.7 Å². The number of rotatable bonds is 4. The number of halogens is 3. The Bertz CT molecular complexity index is 680. The molecule has 3 nitrogen and oxygen atoms in total. The monoisotopic (exact) mass is 310 g/mol. The Morgan fingerprint density at radius 3 is 2.27 bits per heavy atom. The number of aliphatic carboxylic acids is 1. The zero-order valence-corrected chi connectivity index (χ0v) is 11.6. The summed E-state index contributed by atoms with van der Waals surface area (Å²) in [6.07, 6.45) is -4.75. The summed E-state index contributed by atoms with van der Waals surface area (Å²) < 4.78 is 40.6. The highest BCUT2D eigenvalue weighted by Crippen LogP contribution is 2.29. The normalized spacial score (nSPS) is 12.7. The number of ether oxygens (including phenoxy) is 1. The van der Waals surface area contributed by atoms with Crippen LogP contribution in [0.4, 0.5) is 13.2 Å². The molecule has 0 saturated heterocycles. The van der Waals surface area contributed by atoms with Crippen LogP contribution in [-0.2, 0) is 4.79 Å². The molecule has 0 aliphatic carbocycles. The summed E-state index contributed by atoms with van der Waals surface area (Å²) in [5.41, 5.74) is 1.71. The molecule has 1 unspecified atom stereocenters. The number of alkyl halides is 3. The van der Waals surface area contributed by atoms with Gasteiger partial charge in [0.1, 0.15) is 5.75 Å². The molecule has 0 aliphatic heterocycles. The van der Waals surface area contributed by atoms with Gasteiger partial charge in [-0.15, -0.1) is 13.2 Å². The summed E-state index contributed by atoms with van der Waals surface area (Å²) in [4.78, 5) is 11.0. The maximum absolute atomic E-state index is 12.2. The first-order chi connectivity index (χ1) is 10.3. The van der Waals surface area contributed by atoms with Crippen molar-refractivity contribution in [1.29, 1.82) is 0 Å². The molecule has 0 saturated carbocycles. The molecule has 1 N–H and O–H groups in total. The molecule has 2 aromatic rings. The van der Waals surface area contributed by atoms with Gasteiger partial charge in [0.05, 0.1) is 5.92 Å². The molecule has 22 heavy (non-hydrogen) atoms. The maximum atomic E-state index is 12.2. The molecule has 0 spiro atoms. The molecule has 0 amide bonds. The smallest absolute Gasteiger partial charge is 0.481 e. The van der Waals surface area contributed by atoms with E-state index in [-0.39, 0.29) is 5.75 Å². The minimum absolute atomic E-state index is 0.318. The van der Waals surface area contributed by atoms with Gasteiger partial charge >= 0.3 is 12.3 Å². The van der Waals surface area contributed by atoms with Gasteiger partial charge in [-0.05, 0) is 35.7 Å². The van der Waals surface area contributed by atoms with Crippen LogP contribution >= 0.6 is 0 Å². The Morgan fingerprint density at radius 2 is 1.68 bits per heavy atom. The minimum atomic E-state index is -4.75. The van der Waals surface area contributed by atoms with Crippen molar-refractivity contribution in [3.63, 3.8) is 0 Å². The summed E-state index contributed by atoms with van der Waals surface area (Å²) in [7, 11) is 0. The van der Waals surface area contributed by atoms with Gasteiger partial charge in [0.2, 0.25) is 0 Å². The van der Waals surface area contributed by atoms with Gasteiger partial charge in [-0.2, -0.15) is 0 Å². The fourth-order valence-electron chi connectivity index (χ4n) is 2.00. The van der Waals surface area contributed by atoms with Gasteiger partial charge in [-0.1, -0.05) is 36.4 Å². The first-order valence-electron chi connectivity index (χ1n) is 6.45. The van der Waals surface area contributed by atoms with E-state index in [4.69, 9.17) is 5.11 Å². The Hall–Kier alpha value is -2.50. The first kappa shape index (κ1) is 15.9. The van der Waals surface area contributed by atoms with E-state index in [1.807, 2.05) is 0 Å². The van der Waals surface area contributed by atoms with E-state index >= 15 is 0 Å². The van der Waals surface area contributed by atoms with Crippen molar-refractivity contribution in [3.8, 4) is 16.9 Å². The van der Waals surface area contributed by atoms with Gasteiger partial charge in [-0.3, -0.25) is 4.79 Å². The highest BCUT2D eigenvalue weighted by Gasteiger charge is 2.31. The van der Waals surface area contributed by atoms with Crippen LogP contribution in [-0.4, -0.2) is 17.4 Å². The predicted molar refractivity (Wildman–Crippen MR) is 74.6 cm³/mol. The number of carboxylic acids is 1. The number of hydrogen-bond acceptors (Lipinski definition) is 2. The van der Waals surface area contributed by atoms with Crippen LogP contribution in [0, 0.1) is 0 Å². The molecule has 0 bridgehead atoms. The van der Waals surface area contributed by atoms with Crippen LogP contribution in [0.25, 0.3) is 11.1 Å². The van der Waals surface area contributed by atoms with Crippen molar-refractivity contribution in [2.45, 2.75) is 19.2 Å². The highest BCUT2D eigenvalue weighted by molar-refractivity contribution is 5.77. The van der Waals surface area contributed by atoms with Gasteiger partial charge in [0, 0.05) is 0 Å². The molecule has 2 aromatic carbocycles. The maximum Gasteiger partial charge on any atom is 0.573 e. The molecule has 2 rings (SSSR count). The van der Waals surface area contributed by atoms with Gasteiger partial charge in [0.15, 0.2) is 0 Å². The molecule has 0 aliphatic rings. The van der Waals surface area contributed by atoms with E-state index in [9.17, 15) is 18.0 Å². The van der Waals surface area contributed by atoms with Gasteiger partial charge in [0.25, 0.3) is 0 Å². The fraction of sp³-hybridized carbons (Fsp3) is 0.188. The summed E-state index contributed by atoms with van der Waals surface area (Å²) in [6, 6.07) is 12.2. The van der Waals surface area contributed by atoms with Crippen molar-refractivity contribution < 1.29 is 27.8 Å². The summed E-state index contributed by atoms with van der Waals surface area (Å²) in [5.74, 6) is -1.98. The van der Waals surface area contributed by atoms with E-state index in [2.05, 4.69) is 4.74 Å². The van der Waals surface area contributed by atoms with Crippen LogP contribution in [0.3, 0.4) is 0 Å². The number of benzene rings is 2. The van der Waals surface area contributed by atoms with E-state index in [0.717, 1.165) is 0 Å². The predicted octanol–water partition coefficient (Wildman–Crippen LogP) is 4.44. The van der Waals surface area contributed by atoms with Crippen LogP contribution < -0.4 is 4.74 Å². The number of carboxylic acid groups (broad SMARTS) is 1. The second-order valence-electron chi connectivity index (χ2n) is 4.76. The Balaban J connectivity index is 2.34. The van der Waals surface area contributed by atoms with Crippen molar-refractivity contribution in [2.24, 2.45) is 0 Å². The van der Waals surface area contributed by atoms with Crippen molar-refractivity contribution >= 4 is 5.97 Å². The lowest BCUT2D eigenvalue weighted by Gasteiger charge is -2.12. The first-order valence-corrected chi connectivity index (χ1v) is 6.45. The van der Waals surface area contributed by atoms with Crippen molar-refractivity contribution in [1.82, 2.24) is 0 Å². The third-order valence-electron chi connectivity index (χ3n) is 3.16. The van der Waals surface area contributed by atoms with E-state index in [1.54, 1.807) is 37.3 Å². The average molecular weight is 310 g/mol. The van der Waals surface area contributed by atoms with Crippen LogP contribution in [0.15, 0.2) is 48.5 Å². The number of hydrogen-bond donors (Lipinski definition) is 1. The van der Waals surface area contributed by atoms with Crippen LogP contribution in [0.1, 0.15) is 18.4 Å². The van der Waals surface area contributed by atoms with Crippen molar-refractivity contribution in [2.75, 3.05) is 0 Å². The molecule has 116 valence electrons. The quantitative estimate of drug-likeness (QED) is 0.908. The van der Waals surface area contributed by atoms with Crippen molar-refractivity contribution in [3.05, 3.63) is 54.1 Å². The fourth-order valence-corrected chi connectivity index (χ4v) is 2.00. The third kappa shape index (κ3) is 4.00. The Labute approximate surface area is 125 Å². The highest BCUT2D eigenvalue weighted by atomic mass is 19.4. The Morgan fingerprint density at radius 1 is 1.09 bits per heavy atom. The molecule has 1 atom stereocenters. The van der Waals surface area contributed by atoms with E-state index in [1.165, 1.54) is 18.2 Å². The zero-order valence-electron chi connectivity index (χ0n) is 11.6. The molecular formula is C16H13F3O3. The summed E-state index contributed by atoms with van der Waals surface area (Å²) >= 11 is 0. The lowest BCUT2D eigenvalue weighted by molar-refractivity contribution is -0.274. The SMILES string of the molecule is CC(C(=O)O)c1cccc(-c2cccc(OC(F)(F)F)c2)c1. The van der Waals surface area contributed by atoms with E-state index < -0.39 is 18.2 Å². The lowest BCUT2D eigenvalue weighted by Crippen LogP contribution is -2.17. The van der Waals surface area contributed by atoms with Gasteiger partial charge in [-0.25, -0.2) is 0 Å². The zero-order chi connectivity index (χ0) is 16.3. The van der Waals surface area contributed by atoms with Crippen LogP contribution in [0.2, 0.25) is 0 Å². The second-order valence-corrected chi connectivity index (χ2v) is 4.76. The largest absolute Gasteiger partial charge is 0.573 e. The molecule has 0 radical (unpaired) electrons. The van der Waals surface area contributed by atoms with Gasteiger partial charge < -0.3 is 9.84 Å². The molecule has 6 heteroatoms. The minimum Gasteiger partial charge on any atom is -0.481 e. The van der Waals surface area contributed by atoms with Crippen LogP contribution in [0.5, 0.6) is 5.75 Å². The molecule has 0 heterocycles. The Kier molecular flexibility index (Phi) is 4.40. The second kappa shape index (κ2) is 6.09. The molecular weight excluding hydrogens is 297 g/mol. The topological polar surface area (TPSA) is 46.5 Å². The number of carbonyl (C=O) groups is 1. The summed E-state index contributed by atoms with van der Waals surface area (Å²) in [5, 5.41) is 9.02. The lowest BCUT2D eigenvalue weighted by atomic mass is 9.96. The summed E-state index contributed by atoms with van der Waals surface area (Å²) in [6.45, 7) is 1.55. The third-order valence-corrected chi connectivity index (χ3v) is 3.16. The molecule has 0 aromatic heterocycles. The average Bonchev–Trinajstić information content (AvgIpc) is 2.45. The molecule has 0 fully saturated rings. The standard InChI is InChI=1S/C16H13F3O3/c1-10(15(20)21)11-4-2-5-12(8-11)13-6-3-7-14(9-13)22-16(17,18)19/h2-10H,1H3,(H,20,21).